The third kappa shape index (κ3) is 5.54. The number of pyridine rings is 1. The summed E-state index contributed by atoms with van der Waals surface area (Å²) >= 11 is 0. The number of hydrogen-bond donors (Lipinski definition) is 1. The quantitative estimate of drug-likeness (QED) is 0.882. The zero-order valence-electron chi connectivity index (χ0n) is 12.6. The highest BCUT2D eigenvalue weighted by molar-refractivity contribution is 5.94. The van der Waals surface area contributed by atoms with E-state index in [9.17, 15) is 18.0 Å². The average molecular weight is 354 g/mol. The molecule has 2 rings (SSSR count). The number of nitrogens with zero attached hydrogens (tertiary/aromatic N) is 2. The number of nitrogens with one attached hydrogen (secondary N) is 1. The van der Waals surface area contributed by atoms with Crippen LogP contribution < -0.4 is 10.1 Å². The number of likely N-dealkylation sites (tertiary alicyclic amines) is 1. The van der Waals surface area contributed by atoms with Crippen molar-refractivity contribution in [2.45, 2.75) is 25.1 Å². The Hall–Kier alpha value is -1.54. The SMILES string of the molecule is CNCC1CCCN1C(=O)c1ccc(OCC(F)(F)F)nc1.Cl. The lowest BCUT2D eigenvalue weighted by molar-refractivity contribution is -0.154. The van der Waals surface area contributed by atoms with E-state index in [0.29, 0.717) is 18.7 Å². The molecule has 2 heterocycles. The minimum Gasteiger partial charge on any atom is -0.468 e. The summed E-state index contributed by atoms with van der Waals surface area (Å²) in [6.45, 7) is -0.00683. The number of amides is 1. The van der Waals surface area contributed by atoms with Crippen LogP contribution >= 0.6 is 12.4 Å². The standard InChI is InChI=1S/C14H18F3N3O2.ClH/c1-18-8-11-3-2-6-20(11)13(21)10-4-5-12(19-7-10)22-9-14(15,16)17;/h4-5,7,11,18H,2-3,6,8-9H2,1H3;1H. The molecule has 23 heavy (non-hydrogen) atoms. The van der Waals surface area contributed by atoms with E-state index in [4.69, 9.17) is 0 Å². The predicted molar refractivity (Wildman–Crippen MR) is 81.0 cm³/mol. The summed E-state index contributed by atoms with van der Waals surface area (Å²) in [6, 6.07) is 2.86. The molecule has 1 amide bonds. The monoisotopic (exact) mass is 353 g/mol. The molecule has 1 aromatic heterocycles. The molecule has 1 aromatic rings. The van der Waals surface area contributed by atoms with E-state index >= 15 is 0 Å². The van der Waals surface area contributed by atoms with Gasteiger partial charge in [0.25, 0.3) is 5.91 Å². The first-order valence-corrected chi connectivity index (χ1v) is 7.02. The van der Waals surface area contributed by atoms with Crippen LogP contribution in [0.5, 0.6) is 5.88 Å². The Kier molecular flexibility index (Phi) is 7.08. The Labute approximate surface area is 138 Å². The number of carbonyl (C=O) groups is 1. The van der Waals surface area contributed by atoms with Gasteiger partial charge in [-0.05, 0) is 26.0 Å². The van der Waals surface area contributed by atoms with Gasteiger partial charge in [0.15, 0.2) is 6.61 Å². The third-order valence-electron chi connectivity index (χ3n) is 3.44. The number of carbonyl (C=O) groups excluding carboxylic acids is 1. The van der Waals surface area contributed by atoms with Gasteiger partial charge in [0.05, 0.1) is 5.56 Å². The van der Waals surface area contributed by atoms with E-state index in [1.165, 1.54) is 18.3 Å². The van der Waals surface area contributed by atoms with Crippen LogP contribution in [0.1, 0.15) is 23.2 Å². The number of aromatic nitrogens is 1. The van der Waals surface area contributed by atoms with Crippen LogP contribution in [0.4, 0.5) is 13.2 Å². The molecule has 5 nitrogen and oxygen atoms in total. The molecule has 130 valence electrons. The van der Waals surface area contributed by atoms with Crippen LogP contribution in [-0.4, -0.2) is 54.8 Å². The van der Waals surface area contributed by atoms with Crippen LogP contribution in [0.25, 0.3) is 0 Å². The molecular formula is C14H19ClF3N3O2. The maximum absolute atomic E-state index is 12.4. The van der Waals surface area contributed by atoms with Gasteiger partial charge < -0.3 is 15.0 Å². The molecule has 0 aliphatic carbocycles. The summed E-state index contributed by atoms with van der Waals surface area (Å²) < 4.78 is 40.7. The van der Waals surface area contributed by atoms with Crippen molar-refractivity contribution in [1.82, 2.24) is 15.2 Å². The molecule has 1 unspecified atom stereocenters. The van der Waals surface area contributed by atoms with Crippen molar-refractivity contribution in [2.75, 3.05) is 26.7 Å². The van der Waals surface area contributed by atoms with Gasteiger partial charge in [-0.1, -0.05) is 0 Å². The lowest BCUT2D eigenvalue weighted by Gasteiger charge is -2.24. The number of alkyl halides is 3. The van der Waals surface area contributed by atoms with Gasteiger partial charge >= 0.3 is 6.18 Å². The molecule has 1 saturated heterocycles. The van der Waals surface area contributed by atoms with Gasteiger partial charge in [-0.15, -0.1) is 12.4 Å². The molecular weight excluding hydrogens is 335 g/mol. The van der Waals surface area contributed by atoms with E-state index in [-0.39, 0.29) is 30.2 Å². The van der Waals surface area contributed by atoms with Crippen LogP contribution in [-0.2, 0) is 0 Å². The number of likely N-dealkylation sites (N-methyl/N-ethyl adjacent to an activating group) is 1. The summed E-state index contributed by atoms with van der Waals surface area (Å²) in [5.74, 6) is -0.310. The largest absolute Gasteiger partial charge is 0.468 e. The maximum Gasteiger partial charge on any atom is 0.422 e. The van der Waals surface area contributed by atoms with E-state index < -0.39 is 12.8 Å². The molecule has 1 aliphatic rings. The second kappa shape index (κ2) is 8.35. The smallest absolute Gasteiger partial charge is 0.422 e. The Morgan fingerprint density at radius 3 is 2.78 bits per heavy atom. The highest BCUT2D eigenvalue weighted by atomic mass is 35.5. The first kappa shape index (κ1) is 19.5. The zero-order valence-corrected chi connectivity index (χ0v) is 13.4. The first-order chi connectivity index (χ1) is 10.4. The first-order valence-electron chi connectivity index (χ1n) is 7.02. The van der Waals surface area contributed by atoms with E-state index in [1.54, 1.807) is 4.90 Å². The zero-order chi connectivity index (χ0) is 16.2. The lowest BCUT2D eigenvalue weighted by Crippen LogP contribution is -2.40. The summed E-state index contributed by atoms with van der Waals surface area (Å²) in [5, 5.41) is 3.05. The van der Waals surface area contributed by atoms with Gasteiger partial charge in [-0.3, -0.25) is 4.79 Å². The number of halogens is 4. The molecule has 0 aromatic carbocycles. The van der Waals surface area contributed by atoms with Crippen molar-refractivity contribution in [2.24, 2.45) is 0 Å². The van der Waals surface area contributed by atoms with Gasteiger partial charge in [0.1, 0.15) is 0 Å². The van der Waals surface area contributed by atoms with Crippen molar-refractivity contribution in [3.05, 3.63) is 23.9 Å². The average Bonchev–Trinajstić information content (AvgIpc) is 2.93. The normalized spacial score (nSPS) is 17.7. The Morgan fingerprint density at radius 2 is 2.22 bits per heavy atom. The number of hydrogen-bond acceptors (Lipinski definition) is 4. The highest BCUT2D eigenvalue weighted by Crippen LogP contribution is 2.21. The fourth-order valence-electron chi connectivity index (χ4n) is 2.46. The number of ether oxygens (including phenoxy) is 1. The molecule has 1 aliphatic heterocycles. The Bertz CT molecular complexity index is 511. The fourth-order valence-corrected chi connectivity index (χ4v) is 2.46. The molecule has 1 atom stereocenters. The fraction of sp³-hybridized carbons (Fsp3) is 0.571. The number of rotatable bonds is 5. The summed E-state index contributed by atoms with van der Waals surface area (Å²) in [4.78, 5) is 17.9. The minimum atomic E-state index is -4.41. The second-order valence-electron chi connectivity index (χ2n) is 5.14. The van der Waals surface area contributed by atoms with Gasteiger partial charge in [-0.2, -0.15) is 13.2 Å². The van der Waals surface area contributed by atoms with Gasteiger partial charge in [0.2, 0.25) is 5.88 Å². The summed E-state index contributed by atoms with van der Waals surface area (Å²) in [5.41, 5.74) is 0.349. The van der Waals surface area contributed by atoms with Crippen LogP contribution in [0.2, 0.25) is 0 Å². The summed E-state index contributed by atoms with van der Waals surface area (Å²) in [6.07, 6.45) is -1.28. The molecule has 1 N–H and O–H groups in total. The molecule has 0 saturated carbocycles. The summed E-state index contributed by atoms with van der Waals surface area (Å²) in [7, 11) is 1.83. The van der Waals surface area contributed by atoms with E-state index in [0.717, 1.165) is 12.8 Å². The van der Waals surface area contributed by atoms with Crippen molar-refractivity contribution < 1.29 is 22.7 Å². The van der Waals surface area contributed by atoms with Crippen LogP contribution in [0.3, 0.4) is 0 Å². The molecule has 0 bridgehead atoms. The topological polar surface area (TPSA) is 54.5 Å². The van der Waals surface area contributed by atoms with Crippen LogP contribution in [0.15, 0.2) is 18.3 Å². The van der Waals surface area contributed by atoms with Crippen molar-refractivity contribution >= 4 is 18.3 Å². The predicted octanol–water partition coefficient (Wildman–Crippen LogP) is 2.27. The van der Waals surface area contributed by atoms with E-state index in [2.05, 4.69) is 15.0 Å². The highest BCUT2D eigenvalue weighted by Gasteiger charge is 2.30. The van der Waals surface area contributed by atoms with E-state index in [1.807, 2.05) is 7.05 Å². The maximum atomic E-state index is 12.4. The van der Waals surface area contributed by atoms with Crippen molar-refractivity contribution in [3.8, 4) is 5.88 Å². The Morgan fingerprint density at radius 1 is 1.48 bits per heavy atom. The van der Waals surface area contributed by atoms with Crippen molar-refractivity contribution in [1.29, 1.82) is 0 Å². The van der Waals surface area contributed by atoms with Gasteiger partial charge in [-0.25, -0.2) is 4.98 Å². The van der Waals surface area contributed by atoms with Crippen molar-refractivity contribution in [3.63, 3.8) is 0 Å². The molecule has 1 fully saturated rings. The second-order valence-corrected chi connectivity index (χ2v) is 5.14. The minimum absolute atomic E-state index is 0. The molecule has 0 spiro atoms. The Balaban J connectivity index is 0.00000264. The van der Waals surface area contributed by atoms with Crippen LogP contribution in [0, 0.1) is 0 Å². The molecule has 0 radical (unpaired) electrons. The third-order valence-corrected chi connectivity index (χ3v) is 3.44. The molecule has 9 heteroatoms. The van der Waals surface area contributed by atoms with Gasteiger partial charge in [0, 0.05) is 31.4 Å². The lowest BCUT2D eigenvalue weighted by atomic mass is 10.2.